The number of piperazine rings is 1. The average molecular weight is 435 g/mol. The van der Waals surface area contributed by atoms with Gasteiger partial charge in [-0.1, -0.05) is 6.07 Å². The Labute approximate surface area is 178 Å². The van der Waals surface area contributed by atoms with Crippen LogP contribution in [-0.4, -0.2) is 57.6 Å². The van der Waals surface area contributed by atoms with Gasteiger partial charge in [-0.3, -0.25) is 0 Å². The summed E-state index contributed by atoms with van der Waals surface area (Å²) in [5, 5.41) is 0.782. The van der Waals surface area contributed by atoms with Crippen molar-refractivity contribution in [1.29, 1.82) is 0 Å². The summed E-state index contributed by atoms with van der Waals surface area (Å²) in [6.07, 6.45) is 2.49. The number of aryl methyl sites for hydroxylation is 3. The molecule has 1 aromatic carbocycles. The van der Waals surface area contributed by atoms with E-state index in [1.807, 2.05) is 6.92 Å². The quantitative estimate of drug-likeness (QED) is 0.801. The van der Waals surface area contributed by atoms with Crippen molar-refractivity contribution in [3.05, 3.63) is 39.5 Å². The molecular weight excluding hydrogens is 404 g/mol. The van der Waals surface area contributed by atoms with Crippen LogP contribution in [0.25, 0.3) is 0 Å². The number of nitrogens with zero attached hydrogens (tertiary/aromatic N) is 3. The Morgan fingerprint density at radius 2 is 1.83 bits per heavy atom. The lowest BCUT2D eigenvalue weighted by Gasteiger charge is -2.37. The fourth-order valence-corrected chi connectivity index (χ4v) is 7.29. The Hall–Kier alpha value is -1.48. The van der Waals surface area contributed by atoms with Crippen LogP contribution < -0.4 is 9.62 Å². The fraction of sp³-hybridized carbons (Fsp3) is 0.571. The van der Waals surface area contributed by atoms with Gasteiger partial charge in [0.25, 0.3) is 10.0 Å². The number of hydrogen-bond donors (Lipinski definition) is 1. The molecule has 2 aromatic rings. The van der Waals surface area contributed by atoms with Crippen molar-refractivity contribution in [1.82, 2.24) is 14.6 Å². The largest absolute Gasteiger partial charge is 0.369 e. The summed E-state index contributed by atoms with van der Waals surface area (Å²) in [5.41, 5.74) is 5.91. The second kappa shape index (κ2) is 7.98. The third-order valence-electron chi connectivity index (χ3n) is 6.10. The topological polar surface area (TPSA) is 65.5 Å². The highest BCUT2D eigenvalue weighted by Gasteiger charge is 2.30. The molecule has 1 N–H and O–H groups in total. The van der Waals surface area contributed by atoms with Gasteiger partial charge in [-0.2, -0.15) is 0 Å². The Kier molecular flexibility index (Phi) is 5.72. The molecule has 6 nitrogen and oxygen atoms in total. The van der Waals surface area contributed by atoms with Crippen LogP contribution >= 0.6 is 11.3 Å². The van der Waals surface area contributed by atoms with Crippen LogP contribution in [0.4, 0.5) is 5.69 Å². The number of sulfonamides is 1. The number of likely N-dealkylation sites (N-methyl/N-ethyl adjacent to an activating group) is 1. The lowest BCUT2D eigenvalue weighted by molar-refractivity contribution is 0.312. The number of aromatic nitrogens is 1. The van der Waals surface area contributed by atoms with E-state index in [9.17, 15) is 8.42 Å². The normalized spacial score (nSPS) is 20.7. The lowest BCUT2D eigenvalue weighted by atomic mass is 9.84. The summed E-state index contributed by atoms with van der Waals surface area (Å²) in [7, 11) is -1.38. The van der Waals surface area contributed by atoms with Gasteiger partial charge in [-0.25, -0.2) is 18.1 Å². The van der Waals surface area contributed by atoms with Crippen molar-refractivity contribution in [2.24, 2.45) is 0 Å². The van der Waals surface area contributed by atoms with E-state index in [0.29, 0.717) is 9.90 Å². The number of anilines is 1. The molecule has 8 heteroatoms. The highest BCUT2D eigenvalue weighted by molar-refractivity contribution is 7.91. The SMILES string of the molecule is Cc1nc(C)c(S(=O)(=O)N[C@@H]2CCc3c(C)ccc(N4CCN(C)CC4)c3C2)s1. The molecule has 1 aromatic heterocycles. The predicted octanol–water partition coefficient (Wildman–Crippen LogP) is 2.66. The Morgan fingerprint density at radius 3 is 2.48 bits per heavy atom. The van der Waals surface area contributed by atoms with Gasteiger partial charge in [0.2, 0.25) is 0 Å². The van der Waals surface area contributed by atoms with Crippen LogP contribution in [0.3, 0.4) is 0 Å². The minimum Gasteiger partial charge on any atom is -0.369 e. The Balaban J connectivity index is 1.59. The summed E-state index contributed by atoms with van der Waals surface area (Å²) in [5.74, 6) is 0. The maximum Gasteiger partial charge on any atom is 0.252 e. The molecule has 2 aliphatic rings. The van der Waals surface area contributed by atoms with Gasteiger partial charge < -0.3 is 9.80 Å². The smallest absolute Gasteiger partial charge is 0.252 e. The van der Waals surface area contributed by atoms with E-state index in [1.54, 1.807) is 6.92 Å². The van der Waals surface area contributed by atoms with Gasteiger partial charge in [-0.15, -0.1) is 11.3 Å². The summed E-state index contributed by atoms with van der Waals surface area (Å²) < 4.78 is 29.3. The molecule has 1 fully saturated rings. The fourth-order valence-electron chi connectivity index (χ4n) is 4.52. The van der Waals surface area contributed by atoms with Crippen LogP contribution in [0.5, 0.6) is 0 Å². The zero-order valence-corrected chi connectivity index (χ0v) is 19.3. The summed E-state index contributed by atoms with van der Waals surface area (Å²) in [6, 6.07) is 4.37. The lowest BCUT2D eigenvalue weighted by Crippen LogP contribution is -2.45. The number of benzene rings is 1. The minimum absolute atomic E-state index is 0.0812. The zero-order chi connectivity index (χ0) is 20.8. The number of rotatable bonds is 4. The molecule has 0 spiro atoms. The number of nitrogens with one attached hydrogen (secondary N) is 1. The van der Waals surface area contributed by atoms with E-state index in [1.165, 1.54) is 33.7 Å². The zero-order valence-electron chi connectivity index (χ0n) is 17.7. The van der Waals surface area contributed by atoms with Crippen molar-refractivity contribution in [3.8, 4) is 0 Å². The van der Waals surface area contributed by atoms with Crippen LogP contribution in [0.2, 0.25) is 0 Å². The predicted molar refractivity (Wildman–Crippen MR) is 119 cm³/mol. The van der Waals surface area contributed by atoms with Gasteiger partial charge in [0.15, 0.2) is 4.21 Å². The molecular formula is C21H30N4O2S2. The first-order valence-electron chi connectivity index (χ1n) is 10.3. The molecule has 0 bridgehead atoms. The number of fused-ring (bicyclic) bond motifs is 1. The first-order valence-corrected chi connectivity index (χ1v) is 12.6. The average Bonchev–Trinajstić information content (AvgIpc) is 3.02. The molecule has 2 heterocycles. The van der Waals surface area contributed by atoms with Gasteiger partial charge in [-0.05, 0) is 69.8 Å². The van der Waals surface area contributed by atoms with E-state index >= 15 is 0 Å². The van der Waals surface area contributed by atoms with Crippen LogP contribution in [-0.2, 0) is 22.9 Å². The third-order valence-corrected chi connectivity index (χ3v) is 9.31. The Morgan fingerprint density at radius 1 is 1.10 bits per heavy atom. The monoisotopic (exact) mass is 434 g/mol. The molecule has 1 saturated heterocycles. The summed E-state index contributed by atoms with van der Waals surface area (Å²) >= 11 is 1.25. The van der Waals surface area contributed by atoms with Crippen LogP contribution in [0.1, 0.15) is 33.8 Å². The van der Waals surface area contributed by atoms with Gasteiger partial charge >= 0.3 is 0 Å². The van der Waals surface area contributed by atoms with Gasteiger partial charge in [0, 0.05) is 37.9 Å². The van der Waals surface area contributed by atoms with Gasteiger partial charge in [0.1, 0.15) is 0 Å². The summed E-state index contributed by atoms with van der Waals surface area (Å²) in [6.45, 7) is 9.93. The molecule has 0 saturated carbocycles. The molecule has 0 radical (unpaired) electrons. The van der Waals surface area contributed by atoms with Crippen LogP contribution in [0.15, 0.2) is 16.3 Å². The molecule has 1 aliphatic heterocycles. The van der Waals surface area contributed by atoms with Crippen molar-refractivity contribution >= 4 is 27.0 Å². The Bertz CT molecular complexity index is 1010. The second-order valence-electron chi connectivity index (χ2n) is 8.32. The van der Waals surface area contributed by atoms with E-state index in [-0.39, 0.29) is 6.04 Å². The third kappa shape index (κ3) is 4.21. The van der Waals surface area contributed by atoms with Gasteiger partial charge in [0.05, 0.1) is 10.7 Å². The van der Waals surface area contributed by atoms with E-state index < -0.39 is 10.0 Å². The van der Waals surface area contributed by atoms with Crippen molar-refractivity contribution in [3.63, 3.8) is 0 Å². The van der Waals surface area contributed by atoms with Crippen molar-refractivity contribution in [2.75, 3.05) is 38.1 Å². The second-order valence-corrected chi connectivity index (χ2v) is 11.4. The van der Waals surface area contributed by atoms with E-state index in [4.69, 9.17) is 0 Å². The highest BCUT2D eigenvalue weighted by atomic mass is 32.2. The van der Waals surface area contributed by atoms with Crippen LogP contribution in [0, 0.1) is 20.8 Å². The summed E-state index contributed by atoms with van der Waals surface area (Å²) in [4.78, 5) is 9.11. The minimum atomic E-state index is -3.54. The molecule has 1 atom stereocenters. The van der Waals surface area contributed by atoms with E-state index in [2.05, 4.69) is 45.6 Å². The standard InChI is InChI=1S/C21H30N4O2S2/c1-14-5-8-20(25-11-9-24(4)10-12-25)19-13-17(6-7-18(14)19)23-29(26,27)21-15(2)22-16(3)28-21/h5,8,17,23H,6-7,9-13H2,1-4H3/t17-/m1/s1. The highest BCUT2D eigenvalue weighted by Crippen LogP contribution is 2.34. The molecule has 0 unspecified atom stereocenters. The maximum absolute atomic E-state index is 13.0. The van der Waals surface area contributed by atoms with Crippen molar-refractivity contribution < 1.29 is 8.42 Å². The molecule has 4 rings (SSSR count). The number of hydrogen-bond acceptors (Lipinski definition) is 6. The van der Waals surface area contributed by atoms with Crippen molar-refractivity contribution in [2.45, 2.75) is 50.3 Å². The maximum atomic E-state index is 13.0. The first-order chi connectivity index (χ1) is 13.7. The first kappa shape index (κ1) is 20.8. The number of thiazole rings is 1. The molecule has 0 amide bonds. The van der Waals surface area contributed by atoms with E-state index in [0.717, 1.165) is 50.4 Å². The molecule has 29 heavy (non-hydrogen) atoms. The molecule has 1 aliphatic carbocycles. The molecule has 158 valence electrons.